The molecule has 0 bridgehead atoms. The zero-order valence-electron chi connectivity index (χ0n) is 14.0. The standard InChI is InChI=1S/C21H24N2/c1-6-21(4)12-11-15(14(2)3)19(20(21)22-5)17-13-23-18-10-8-7-9-16(17)18/h6-10,13,15,19-20,23H,1-2,11-12H2,3-4H3/t15-,19+,20-,21-/m0/s1. The van der Waals surface area contributed by atoms with Gasteiger partial charge in [-0.2, -0.15) is 0 Å². The van der Waals surface area contributed by atoms with Crippen LogP contribution in [0.4, 0.5) is 0 Å². The number of H-pyrrole nitrogens is 1. The zero-order chi connectivity index (χ0) is 16.6. The number of nitrogens with one attached hydrogen (secondary N) is 1. The molecule has 3 rings (SSSR count). The van der Waals surface area contributed by atoms with Crippen LogP contribution in [-0.2, 0) is 0 Å². The molecule has 2 nitrogen and oxygen atoms in total. The van der Waals surface area contributed by atoms with Crippen molar-refractivity contribution >= 4 is 10.9 Å². The first-order valence-corrected chi connectivity index (χ1v) is 8.23. The quantitative estimate of drug-likeness (QED) is 0.553. The van der Waals surface area contributed by atoms with Crippen LogP contribution in [-0.4, -0.2) is 11.0 Å². The van der Waals surface area contributed by atoms with Crippen molar-refractivity contribution in [2.45, 2.75) is 38.6 Å². The Morgan fingerprint density at radius 2 is 2.17 bits per heavy atom. The van der Waals surface area contributed by atoms with Gasteiger partial charge in [-0.1, -0.05) is 36.4 Å². The molecule has 0 spiro atoms. The molecule has 1 aromatic heterocycles. The van der Waals surface area contributed by atoms with E-state index in [0.29, 0.717) is 5.92 Å². The molecule has 2 aromatic rings. The Kier molecular flexibility index (Phi) is 3.90. The van der Waals surface area contributed by atoms with E-state index in [0.717, 1.165) is 18.4 Å². The first-order chi connectivity index (χ1) is 11.0. The summed E-state index contributed by atoms with van der Waals surface area (Å²) >= 11 is 0. The lowest BCUT2D eigenvalue weighted by atomic mass is 9.59. The van der Waals surface area contributed by atoms with Crippen LogP contribution in [0.5, 0.6) is 0 Å². The molecule has 1 aromatic carbocycles. The van der Waals surface area contributed by atoms with Crippen LogP contribution < -0.4 is 0 Å². The first-order valence-electron chi connectivity index (χ1n) is 8.23. The molecule has 0 amide bonds. The number of nitrogens with zero attached hydrogens (tertiary/aromatic N) is 1. The van der Waals surface area contributed by atoms with E-state index in [2.05, 4.69) is 61.2 Å². The maximum absolute atomic E-state index is 7.87. The number of aromatic amines is 1. The van der Waals surface area contributed by atoms with E-state index in [1.165, 1.54) is 16.5 Å². The molecule has 118 valence electrons. The van der Waals surface area contributed by atoms with Gasteiger partial charge in [0, 0.05) is 17.1 Å². The lowest BCUT2D eigenvalue weighted by molar-refractivity contribution is 0.196. The normalized spacial score (nSPS) is 30.7. The second-order valence-corrected chi connectivity index (χ2v) is 7.09. The zero-order valence-corrected chi connectivity index (χ0v) is 14.0. The Labute approximate surface area is 138 Å². The Balaban J connectivity index is 2.19. The summed E-state index contributed by atoms with van der Waals surface area (Å²) in [4.78, 5) is 7.45. The number of hydrogen-bond acceptors (Lipinski definition) is 0. The first kappa shape index (κ1) is 15.6. The third kappa shape index (κ3) is 2.41. The number of para-hydroxylation sites is 1. The summed E-state index contributed by atoms with van der Waals surface area (Å²) in [5.41, 5.74) is 3.43. The maximum Gasteiger partial charge on any atom is 0.239 e. The SMILES string of the molecule is [C-]#[N+][C@H]1[C@@H](c2c[nH]c3ccccc23)[C@H](C(=C)C)CC[C@]1(C)C=C. The van der Waals surface area contributed by atoms with Gasteiger partial charge in [-0.05, 0) is 44.2 Å². The fourth-order valence-corrected chi connectivity index (χ4v) is 4.18. The summed E-state index contributed by atoms with van der Waals surface area (Å²) in [7, 11) is 0. The van der Waals surface area contributed by atoms with Crippen LogP contribution in [0.15, 0.2) is 55.3 Å². The van der Waals surface area contributed by atoms with Crippen LogP contribution in [0.3, 0.4) is 0 Å². The summed E-state index contributed by atoms with van der Waals surface area (Å²) in [5.74, 6) is 0.513. The van der Waals surface area contributed by atoms with Gasteiger partial charge in [-0.3, -0.25) is 0 Å². The van der Waals surface area contributed by atoms with Crippen molar-refractivity contribution in [1.29, 1.82) is 0 Å². The van der Waals surface area contributed by atoms with Gasteiger partial charge in [0.25, 0.3) is 0 Å². The van der Waals surface area contributed by atoms with Gasteiger partial charge >= 0.3 is 0 Å². The molecule has 1 aliphatic rings. The number of fused-ring (bicyclic) bond motifs is 1. The lowest BCUT2D eigenvalue weighted by Crippen LogP contribution is -2.41. The molecule has 1 fully saturated rings. The monoisotopic (exact) mass is 304 g/mol. The predicted octanol–water partition coefficient (Wildman–Crippen LogP) is 5.72. The molecule has 1 N–H and O–H groups in total. The molecule has 0 saturated heterocycles. The van der Waals surface area contributed by atoms with Gasteiger partial charge in [-0.25, -0.2) is 6.57 Å². The second kappa shape index (κ2) is 5.74. The maximum atomic E-state index is 7.87. The van der Waals surface area contributed by atoms with Gasteiger partial charge in [0.2, 0.25) is 6.04 Å². The second-order valence-electron chi connectivity index (χ2n) is 7.09. The van der Waals surface area contributed by atoms with Gasteiger partial charge in [0.1, 0.15) is 0 Å². The summed E-state index contributed by atoms with van der Waals surface area (Å²) in [6, 6.07) is 8.25. The smallest absolute Gasteiger partial charge is 0.239 e. The van der Waals surface area contributed by atoms with Gasteiger partial charge in [0.15, 0.2) is 0 Å². The highest BCUT2D eigenvalue weighted by molar-refractivity contribution is 5.84. The van der Waals surface area contributed by atoms with Crippen LogP contribution in [0, 0.1) is 17.9 Å². The molecule has 0 radical (unpaired) electrons. The van der Waals surface area contributed by atoms with Crippen LogP contribution in [0.1, 0.15) is 38.2 Å². The summed E-state index contributed by atoms with van der Waals surface area (Å²) in [6.07, 6.45) is 6.15. The number of benzene rings is 1. The molecule has 0 unspecified atom stereocenters. The Bertz CT molecular complexity index is 792. The summed E-state index contributed by atoms with van der Waals surface area (Å²) < 4.78 is 0. The molecule has 1 heterocycles. The van der Waals surface area contributed by atoms with E-state index in [-0.39, 0.29) is 17.4 Å². The van der Waals surface area contributed by atoms with E-state index < -0.39 is 0 Å². The molecule has 1 saturated carbocycles. The van der Waals surface area contributed by atoms with Crippen LogP contribution >= 0.6 is 0 Å². The highest BCUT2D eigenvalue weighted by atomic mass is 14.8. The van der Waals surface area contributed by atoms with Crippen molar-refractivity contribution in [3.8, 4) is 0 Å². The molecule has 23 heavy (non-hydrogen) atoms. The van der Waals surface area contributed by atoms with Gasteiger partial charge in [0.05, 0.1) is 11.3 Å². The number of hydrogen-bond donors (Lipinski definition) is 1. The fourth-order valence-electron chi connectivity index (χ4n) is 4.18. The third-order valence-corrected chi connectivity index (χ3v) is 5.66. The summed E-state index contributed by atoms with van der Waals surface area (Å²) in [6.45, 7) is 20.4. The fraction of sp³-hybridized carbons (Fsp3) is 0.381. The number of allylic oxidation sites excluding steroid dienone is 1. The number of aromatic nitrogens is 1. The van der Waals surface area contributed by atoms with Gasteiger partial charge < -0.3 is 9.83 Å². The third-order valence-electron chi connectivity index (χ3n) is 5.66. The highest BCUT2D eigenvalue weighted by Gasteiger charge is 2.51. The van der Waals surface area contributed by atoms with E-state index in [1.54, 1.807) is 0 Å². The van der Waals surface area contributed by atoms with Crippen molar-refractivity contribution in [2.24, 2.45) is 11.3 Å². The van der Waals surface area contributed by atoms with Crippen LogP contribution in [0.2, 0.25) is 0 Å². The van der Waals surface area contributed by atoms with Crippen molar-refractivity contribution in [3.63, 3.8) is 0 Å². The minimum atomic E-state index is -0.142. The minimum Gasteiger partial charge on any atom is -0.361 e. The van der Waals surface area contributed by atoms with Crippen molar-refractivity contribution in [1.82, 2.24) is 4.98 Å². The van der Waals surface area contributed by atoms with E-state index in [1.807, 2.05) is 12.1 Å². The molecule has 4 atom stereocenters. The molecule has 2 heteroatoms. The average Bonchev–Trinajstić information content (AvgIpc) is 2.97. The molecule has 1 aliphatic carbocycles. The Morgan fingerprint density at radius 1 is 1.43 bits per heavy atom. The van der Waals surface area contributed by atoms with Crippen molar-refractivity contribution in [2.75, 3.05) is 0 Å². The lowest BCUT2D eigenvalue weighted by Gasteiger charge is -2.42. The molecule has 0 aliphatic heterocycles. The number of rotatable bonds is 3. The van der Waals surface area contributed by atoms with Gasteiger partial charge in [-0.15, -0.1) is 6.58 Å². The average molecular weight is 304 g/mol. The van der Waals surface area contributed by atoms with Crippen LogP contribution in [0.25, 0.3) is 15.7 Å². The van der Waals surface area contributed by atoms with E-state index in [4.69, 9.17) is 6.57 Å². The van der Waals surface area contributed by atoms with Crippen molar-refractivity contribution in [3.05, 3.63) is 72.2 Å². The van der Waals surface area contributed by atoms with E-state index in [9.17, 15) is 0 Å². The van der Waals surface area contributed by atoms with Crippen molar-refractivity contribution < 1.29 is 0 Å². The molecular formula is C21H24N2. The predicted molar refractivity (Wildman–Crippen MR) is 97.3 cm³/mol. The minimum absolute atomic E-state index is 0.102. The Hall–Kier alpha value is -2.27. The molecular weight excluding hydrogens is 280 g/mol. The Morgan fingerprint density at radius 3 is 2.83 bits per heavy atom. The highest BCUT2D eigenvalue weighted by Crippen LogP contribution is 2.52. The van der Waals surface area contributed by atoms with E-state index >= 15 is 0 Å². The topological polar surface area (TPSA) is 20.1 Å². The summed E-state index contributed by atoms with van der Waals surface area (Å²) in [5, 5.41) is 1.23. The largest absolute Gasteiger partial charge is 0.361 e.